The highest BCUT2D eigenvalue weighted by molar-refractivity contribution is 8.14. The molecule has 0 spiro atoms. The molecule has 0 bridgehead atoms. The third kappa shape index (κ3) is 2.33. The lowest BCUT2D eigenvalue weighted by atomic mass is 9.82. The molecule has 0 aromatic rings. The Morgan fingerprint density at radius 2 is 2.06 bits per heavy atom. The van der Waals surface area contributed by atoms with Gasteiger partial charge in [-0.3, -0.25) is 9.69 Å². The van der Waals surface area contributed by atoms with Gasteiger partial charge in [-0.05, 0) is 26.2 Å². The van der Waals surface area contributed by atoms with Crippen LogP contribution in [0.2, 0.25) is 0 Å². The zero-order chi connectivity index (χ0) is 13.5. The molecule has 1 N–H and O–H groups in total. The summed E-state index contributed by atoms with van der Waals surface area (Å²) in [6.45, 7) is 1.99. The number of nitrogens with zero attached hydrogens (tertiary/aromatic N) is 1. The van der Waals surface area contributed by atoms with E-state index in [4.69, 9.17) is 10.7 Å². The molecule has 102 valence electrons. The molecular weight excluding hydrogens is 280 g/mol. The van der Waals surface area contributed by atoms with Crippen molar-refractivity contribution in [3.63, 3.8) is 0 Å². The lowest BCUT2D eigenvalue weighted by Gasteiger charge is -2.41. The first-order chi connectivity index (χ1) is 8.34. The Morgan fingerprint density at radius 3 is 2.61 bits per heavy atom. The summed E-state index contributed by atoms with van der Waals surface area (Å²) >= 11 is 0. The van der Waals surface area contributed by atoms with Crippen LogP contribution in [0.4, 0.5) is 4.79 Å². The second-order valence-electron chi connectivity index (χ2n) is 4.66. The fourth-order valence-corrected chi connectivity index (χ4v) is 4.01. The molecule has 1 aliphatic heterocycles. The predicted octanol–water partition coefficient (Wildman–Crippen LogP) is 0.664. The monoisotopic (exact) mass is 294 g/mol. The van der Waals surface area contributed by atoms with E-state index in [2.05, 4.69) is 5.32 Å². The first-order valence-corrected chi connectivity index (χ1v) is 8.27. The van der Waals surface area contributed by atoms with Crippen LogP contribution in [0, 0.1) is 5.92 Å². The average molecular weight is 295 g/mol. The van der Waals surface area contributed by atoms with E-state index in [9.17, 15) is 18.0 Å². The summed E-state index contributed by atoms with van der Waals surface area (Å²) in [5.41, 5.74) is 0. The summed E-state index contributed by atoms with van der Waals surface area (Å²) < 4.78 is 22.7. The van der Waals surface area contributed by atoms with Crippen LogP contribution < -0.4 is 5.32 Å². The van der Waals surface area contributed by atoms with Gasteiger partial charge in [-0.1, -0.05) is 0 Å². The molecule has 2 fully saturated rings. The van der Waals surface area contributed by atoms with Crippen LogP contribution in [0.3, 0.4) is 0 Å². The van der Waals surface area contributed by atoms with Gasteiger partial charge in [-0.25, -0.2) is 13.2 Å². The van der Waals surface area contributed by atoms with E-state index < -0.39 is 26.2 Å². The van der Waals surface area contributed by atoms with Crippen LogP contribution in [0.5, 0.6) is 0 Å². The minimum atomic E-state index is -3.65. The van der Waals surface area contributed by atoms with Crippen LogP contribution >= 0.6 is 10.7 Å². The third-order valence-electron chi connectivity index (χ3n) is 3.65. The minimum Gasteiger partial charge on any atom is -0.334 e. The molecule has 1 saturated heterocycles. The molecule has 0 radical (unpaired) electrons. The van der Waals surface area contributed by atoms with Gasteiger partial charge in [0.05, 0.1) is 11.2 Å². The molecule has 3 unspecified atom stereocenters. The molecule has 18 heavy (non-hydrogen) atoms. The maximum Gasteiger partial charge on any atom is 0.324 e. The van der Waals surface area contributed by atoms with Crippen molar-refractivity contribution in [2.24, 2.45) is 5.92 Å². The van der Waals surface area contributed by atoms with Crippen LogP contribution in [0.1, 0.15) is 26.2 Å². The van der Waals surface area contributed by atoms with Crippen molar-refractivity contribution in [1.82, 2.24) is 10.2 Å². The van der Waals surface area contributed by atoms with Gasteiger partial charge in [0.25, 0.3) is 0 Å². The highest BCUT2D eigenvalue weighted by atomic mass is 35.7. The summed E-state index contributed by atoms with van der Waals surface area (Å²) in [5.74, 6) is -0.772. The number of carbonyl (C=O) groups is 2. The van der Waals surface area contributed by atoms with Crippen molar-refractivity contribution < 1.29 is 18.0 Å². The van der Waals surface area contributed by atoms with Crippen molar-refractivity contribution in [3.05, 3.63) is 0 Å². The fraction of sp³-hybridized carbons (Fsp3) is 0.800. The van der Waals surface area contributed by atoms with Gasteiger partial charge in [-0.2, -0.15) is 0 Å². The third-order valence-corrected chi connectivity index (χ3v) is 5.63. The second kappa shape index (κ2) is 4.70. The number of nitrogens with one attached hydrogen (secondary N) is 1. The first kappa shape index (κ1) is 13.6. The van der Waals surface area contributed by atoms with E-state index in [0.717, 1.165) is 4.90 Å². The lowest BCUT2D eigenvalue weighted by molar-refractivity contribution is -0.136. The Labute approximate surface area is 110 Å². The molecule has 1 saturated carbocycles. The highest BCUT2D eigenvalue weighted by Crippen LogP contribution is 2.33. The van der Waals surface area contributed by atoms with Gasteiger partial charge in [0.1, 0.15) is 0 Å². The predicted molar refractivity (Wildman–Crippen MR) is 65.6 cm³/mol. The maximum atomic E-state index is 12.1. The van der Waals surface area contributed by atoms with E-state index in [1.165, 1.54) is 0 Å². The van der Waals surface area contributed by atoms with Crippen molar-refractivity contribution in [3.8, 4) is 0 Å². The van der Waals surface area contributed by atoms with E-state index >= 15 is 0 Å². The first-order valence-electron chi connectivity index (χ1n) is 5.90. The minimum absolute atomic E-state index is 0.187. The molecule has 3 amide bonds. The topological polar surface area (TPSA) is 83.6 Å². The van der Waals surface area contributed by atoms with Gasteiger partial charge >= 0.3 is 6.03 Å². The van der Waals surface area contributed by atoms with Crippen molar-refractivity contribution in [1.29, 1.82) is 0 Å². The molecule has 0 aromatic heterocycles. The van der Waals surface area contributed by atoms with Gasteiger partial charge < -0.3 is 5.32 Å². The number of imide groups is 1. The molecule has 2 rings (SSSR count). The summed E-state index contributed by atoms with van der Waals surface area (Å²) in [4.78, 5) is 24.8. The molecule has 0 aromatic carbocycles. The molecule has 2 aliphatic rings. The zero-order valence-electron chi connectivity index (χ0n) is 9.93. The molecule has 1 heterocycles. The van der Waals surface area contributed by atoms with Crippen molar-refractivity contribution in [2.75, 3.05) is 6.54 Å². The van der Waals surface area contributed by atoms with E-state index in [-0.39, 0.29) is 24.9 Å². The van der Waals surface area contributed by atoms with Gasteiger partial charge in [0.15, 0.2) is 0 Å². The quantitative estimate of drug-likeness (QED) is 0.759. The SMILES string of the molecule is CCN1C(=O)NC2CCC(S(=O)(=O)Cl)CC2C1=O. The molecule has 3 atom stereocenters. The van der Waals surface area contributed by atoms with Crippen molar-refractivity contribution in [2.45, 2.75) is 37.5 Å². The van der Waals surface area contributed by atoms with Crippen molar-refractivity contribution >= 4 is 31.7 Å². The summed E-state index contributed by atoms with van der Waals surface area (Å²) in [6.07, 6.45) is 1.04. The number of rotatable bonds is 2. The Hall–Kier alpha value is -0.820. The number of hydrogen-bond acceptors (Lipinski definition) is 4. The highest BCUT2D eigenvalue weighted by Gasteiger charge is 2.46. The number of fused-ring (bicyclic) bond motifs is 1. The van der Waals surface area contributed by atoms with Crippen LogP contribution in [-0.2, 0) is 13.8 Å². The summed E-state index contributed by atoms with van der Waals surface area (Å²) in [7, 11) is 1.70. The smallest absolute Gasteiger partial charge is 0.324 e. The van der Waals surface area contributed by atoms with E-state index in [0.29, 0.717) is 12.8 Å². The average Bonchev–Trinajstić information content (AvgIpc) is 2.27. The zero-order valence-corrected chi connectivity index (χ0v) is 11.5. The number of carbonyl (C=O) groups excluding carboxylic acids is 2. The molecular formula is C10H15ClN2O4S. The Kier molecular flexibility index (Phi) is 3.55. The normalized spacial score (nSPS) is 33.0. The van der Waals surface area contributed by atoms with Gasteiger partial charge in [0, 0.05) is 23.3 Å². The number of halogens is 1. The van der Waals surface area contributed by atoms with E-state index in [1.807, 2.05) is 0 Å². The lowest BCUT2D eigenvalue weighted by Crippen LogP contribution is -2.61. The summed E-state index contributed by atoms with van der Waals surface area (Å²) in [6, 6.07) is -0.654. The largest absolute Gasteiger partial charge is 0.334 e. The number of hydrogen-bond donors (Lipinski definition) is 1. The second-order valence-corrected chi connectivity index (χ2v) is 7.56. The fourth-order valence-electron chi connectivity index (χ4n) is 2.67. The standard InChI is InChI=1S/C10H15ClN2O4S/c1-2-13-9(14)7-5-6(18(11,16)17)3-4-8(7)12-10(13)15/h6-8H,2-5H2,1H3,(H,12,15). The Balaban J connectivity index is 2.20. The molecule has 8 heteroatoms. The number of urea groups is 1. The van der Waals surface area contributed by atoms with Crippen LogP contribution in [0.15, 0.2) is 0 Å². The van der Waals surface area contributed by atoms with Crippen LogP contribution in [-0.4, -0.2) is 43.1 Å². The van der Waals surface area contributed by atoms with Gasteiger partial charge in [-0.15, -0.1) is 0 Å². The van der Waals surface area contributed by atoms with Crippen LogP contribution in [0.25, 0.3) is 0 Å². The summed E-state index contributed by atoms with van der Waals surface area (Å²) in [5, 5.41) is 2.05. The number of amides is 3. The van der Waals surface area contributed by atoms with Gasteiger partial charge in [0.2, 0.25) is 15.0 Å². The maximum absolute atomic E-state index is 12.1. The molecule has 6 nitrogen and oxygen atoms in total. The molecule has 1 aliphatic carbocycles. The Bertz CT molecular complexity index is 478. The Morgan fingerprint density at radius 1 is 1.39 bits per heavy atom. The van der Waals surface area contributed by atoms with E-state index in [1.54, 1.807) is 6.92 Å².